The predicted octanol–water partition coefficient (Wildman–Crippen LogP) is 0.455. The molecule has 1 aliphatic carbocycles. The molecule has 0 bridgehead atoms. The molecule has 1 aromatic heterocycles. The lowest BCUT2D eigenvalue weighted by molar-refractivity contribution is -0.142. The van der Waals surface area contributed by atoms with Gasteiger partial charge in [0.15, 0.2) is 0 Å². The number of hydrogen-bond acceptors (Lipinski definition) is 4. The Morgan fingerprint density at radius 1 is 1.35 bits per heavy atom. The predicted molar refractivity (Wildman–Crippen MR) is 83.0 cm³/mol. The zero-order chi connectivity index (χ0) is 16.6. The third-order valence-corrected chi connectivity index (χ3v) is 4.04. The lowest BCUT2D eigenvalue weighted by atomic mass is 10.1. The molecule has 1 aromatic carbocycles. The van der Waals surface area contributed by atoms with Crippen LogP contribution in [0.15, 0.2) is 29.1 Å². The largest absolute Gasteiger partial charge is 0.480 e. The molecule has 120 valence electrons. The van der Waals surface area contributed by atoms with Crippen LogP contribution in [0.1, 0.15) is 18.5 Å². The zero-order valence-electron chi connectivity index (χ0n) is 12.7. The Morgan fingerprint density at radius 3 is 2.61 bits per heavy atom. The second-order valence-corrected chi connectivity index (χ2v) is 5.82. The number of carbonyl (C=O) groups excluding carboxylic acids is 1. The minimum atomic E-state index is -1.01. The van der Waals surface area contributed by atoms with Crippen molar-refractivity contribution in [2.24, 2.45) is 13.0 Å². The molecule has 1 saturated carbocycles. The summed E-state index contributed by atoms with van der Waals surface area (Å²) in [6.07, 6.45) is 1.57. The van der Waals surface area contributed by atoms with Gasteiger partial charge in [-0.25, -0.2) is 9.48 Å². The molecular formula is C16H17N3O4. The molecule has 0 saturated heterocycles. The Balaban J connectivity index is 1.86. The fourth-order valence-electron chi connectivity index (χ4n) is 2.69. The maximum atomic E-state index is 12.2. The summed E-state index contributed by atoms with van der Waals surface area (Å²) in [6, 6.07) is 6.10. The summed E-state index contributed by atoms with van der Waals surface area (Å²) < 4.78 is 1.19. The number of nitrogens with zero attached hydrogens (tertiary/aromatic N) is 2. The van der Waals surface area contributed by atoms with Crippen LogP contribution in [0.3, 0.4) is 0 Å². The van der Waals surface area contributed by atoms with Gasteiger partial charge in [0, 0.05) is 12.4 Å². The molecule has 2 aromatic rings. The van der Waals surface area contributed by atoms with Gasteiger partial charge in [0.1, 0.15) is 6.04 Å². The van der Waals surface area contributed by atoms with Crippen molar-refractivity contribution in [3.05, 3.63) is 40.3 Å². The molecule has 1 heterocycles. The number of aliphatic carboxylic acids is 1. The molecule has 0 aliphatic heterocycles. The van der Waals surface area contributed by atoms with Crippen molar-refractivity contribution in [2.45, 2.75) is 25.3 Å². The Hall–Kier alpha value is -2.70. The number of nitrogens with one attached hydrogen (secondary N) is 1. The highest BCUT2D eigenvalue weighted by molar-refractivity contribution is 5.90. The number of aromatic nitrogens is 2. The standard InChI is InChI=1S/C16H17N3O4/c1-19-15(21)11-5-3-2-4-10(11)12(18-19)8-13(20)17-14(16(22)23)9-6-7-9/h2-5,9,14H,6-8H2,1H3,(H,17,20)(H,22,23). The molecule has 1 aliphatic rings. The first kappa shape index (κ1) is 15.2. The van der Waals surface area contributed by atoms with Crippen molar-refractivity contribution in [3.63, 3.8) is 0 Å². The first-order valence-electron chi connectivity index (χ1n) is 7.44. The van der Waals surface area contributed by atoms with Crippen LogP contribution in [0.25, 0.3) is 10.8 Å². The summed E-state index contributed by atoms with van der Waals surface area (Å²) in [5.41, 5.74) is 0.228. The van der Waals surface area contributed by atoms with E-state index in [1.807, 2.05) is 0 Å². The van der Waals surface area contributed by atoms with Gasteiger partial charge in [0.2, 0.25) is 5.91 Å². The number of carboxylic acids is 1. The molecule has 7 nitrogen and oxygen atoms in total. The van der Waals surface area contributed by atoms with Crippen molar-refractivity contribution in [1.82, 2.24) is 15.1 Å². The van der Waals surface area contributed by atoms with Gasteiger partial charge >= 0.3 is 5.97 Å². The number of rotatable bonds is 5. The van der Waals surface area contributed by atoms with Gasteiger partial charge < -0.3 is 10.4 Å². The maximum Gasteiger partial charge on any atom is 0.326 e. The summed E-state index contributed by atoms with van der Waals surface area (Å²) in [5, 5.41) is 17.0. The molecule has 3 rings (SSSR count). The number of aryl methyl sites for hydroxylation is 1. The van der Waals surface area contributed by atoms with Gasteiger partial charge in [0.05, 0.1) is 17.5 Å². The molecular weight excluding hydrogens is 298 g/mol. The van der Waals surface area contributed by atoms with Crippen molar-refractivity contribution < 1.29 is 14.7 Å². The van der Waals surface area contributed by atoms with E-state index in [4.69, 9.17) is 0 Å². The van der Waals surface area contributed by atoms with Gasteiger partial charge in [-0.3, -0.25) is 9.59 Å². The number of amides is 1. The molecule has 1 atom stereocenters. The van der Waals surface area contributed by atoms with E-state index in [-0.39, 0.29) is 17.9 Å². The normalized spacial score (nSPS) is 15.3. The van der Waals surface area contributed by atoms with Crippen LogP contribution in [0.5, 0.6) is 0 Å². The average molecular weight is 315 g/mol. The molecule has 7 heteroatoms. The van der Waals surface area contributed by atoms with E-state index in [0.29, 0.717) is 16.5 Å². The monoisotopic (exact) mass is 315 g/mol. The number of hydrogen-bond donors (Lipinski definition) is 2. The van der Waals surface area contributed by atoms with E-state index in [9.17, 15) is 19.5 Å². The maximum absolute atomic E-state index is 12.2. The summed E-state index contributed by atoms with van der Waals surface area (Å²) >= 11 is 0. The topological polar surface area (TPSA) is 101 Å². The second-order valence-electron chi connectivity index (χ2n) is 5.82. The Morgan fingerprint density at radius 2 is 2.00 bits per heavy atom. The highest BCUT2D eigenvalue weighted by Crippen LogP contribution is 2.32. The van der Waals surface area contributed by atoms with Crippen molar-refractivity contribution in [1.29, 1.82) is 0 Å². The summed E-state index contributed by atoms with van der Waals surface area (Å²) in [5.74, 6) is -1.40. The van der Waals surface area contributed by atoms with Gasteiger partial charge in [-0.15, -0.1) is 0 Å². The van der Waals surface area contributed by atoms with Gasteiger partial charge in [-0.1, -0.05) is 18.2 Å². The van der Waals surface area contributed by atoms with Crippen molar-refractivity contribution in [3.8, 4) is 0 Å². The van der Waals surface area contributed by atoms with E-state index in [1.54, 1.807) is 24.3 Å². The van der Waals surface area contributed by atoms with Crippen molar-refractivity contribution in [2.75, 3.05) is 0 Å². The number of benzene rings is 1. The minimum absolute atomic E-state index is 0.0151. The van der Waals surface area contributed by atoms with E-state index in [0.717, 1.165) is 12.8 Å². The quantitative estimate of drug-likeness (QED) is 0.834. The van der Waals surface area contributed by atoms with Crippen LogP contribution in [0.2, 0.25) is 0 Å². The van der Waals surface area contributed by atoms with Gasteiger partial charge in [-0.2, -0.15) is 5.10 Å². The molecule has 0 spiro atoms. The number of fused-ring (bicyclic) bond motifs is 1. The van der Waals surface area contributed by atoms with E-state index < -0.39 is 17.9 Å². The zero-order valence-corrected chi connectivity index (χ0v) is 12.7. The average Bonchev–Trinajstić information content (AvgIpc) is 3.34. The number of carboxylic acid groups (broad SMARTS) is 1. The molecule has 1 fully saturated rings. The Labute approximate surface area is 131 Å². The lowest BCUT2D eigenvalue weighted by Crippen LogP contribution is -2.43. The van der Waals surface area contributed by atoms with Crippen LogP contribution in [-0.2, 0) is 23.1 Å². The second kappa shape index (κ2) is 5.83. The molecule has 1 unspecified atom stereocenters. The van der Waals surface area contributed by atoms with Gasteiger partial charge in [-0.05, 0) is 24.8 Å². The third-order valence-electron chi connectivity index (χ3n) is 4.04. The van der Waals surface area contributed by atoms with Crippen LogP contribution in [-0.4, -0.2) is 32.8 Å². The smallest absolute Gasteiger partial charge is 0.326 e. The van der Waals surface area contributed by atoms with Crippen LogP contribution in [0.4, 0.5) is 0 Å². The summed E-state index contributed by atoms with van der Waals surface area (Å²) in [7, 11) is 1.53. The van der Waals surface area contributed by atoms with Gasteiger partial charge in [0.25, 0.3) is 5.56 Å². The molecule has 1 amide bonds. The minimum Gasteiger partial charge on any atom is -0.480 e. The van der Waals surface area contributed by atoms with E-state index in [1.165, 1.54) is 11.7 Å². The first-order valence-corrected chi connectivity index (χ1v) is 7.44. The summed E-state index contributed by atoms with van der Waals surface area (Å²) in [4.78, 5) is 35.5. The lowest BCUT2D eigenvalue weighted by Gasteiger charge is -2.14. The SMILES string of the molecule is Cn1nc(CC(=O)NC(C(=O)O)C2CC2)c2ccccc2c1=O. The van der Waals surface area contributed by atoms with Crippen molar-refractivity contribution >= 4 is 22.6 Å². The Kier molecular flexibility index (Phi) is 3.85. The first-order chi connectivity index (χ1) is 11.0. The van der Waals surface area contributed by atoms with Crippen LogP contribution < -0.4 is 10.9 Å². The molecule has 0 radical (unpaired) electrons. The number of carbonyl (C=O) groups is 2. The van der Waals surface area contributed by atoms with Crippen LogP contribution in [0, 0.1) is 5.92 Å². The third kappa shape index (κ3) is 3.08. The van der Waals surface area contributed by atoms with Crippen LogP contribution >= 0.6 is 0 Å². The molecule has 2 N–H and O–H groups in total. The molecule has 23 heavy (non-hydrogen) atoms. The highest BCUT2D eigenvalue weighted by Gasteiger charge is 2.37. The Bertz CT molecular complexity index is 839. The highest BCUT2D eigenvalue weighted by atomic mass is 16.4. The fraction of sp³-hybridized carbons (Fsp3) is 0.375. The fourth-order valence-corrected chi connectivity index (χ4v) is 2.69. The van der Waals surface area contributed by atoms with E-state index >= 15 is 0 Å². The summed E-state index contributed by atoms with van der Waals surface area (Å²) in [6.45, 7) is 0. The van der Waals surface area contributed by atoms with E-state index in [2.05, 4.69) is 10.4 Å².